The zero-order valence-corrected chi connectivity index (χ0v) is 35.9. The van der Waals surface area contributed by atoms with Crippen LogP contribution in [0.3, 0.4) is 0 Å². The second-order valence-corrected chi connectivity index (χ2v) is 17.3. The van der Waals surface area contributed by atoms with Crippen molar-refractivity contribution in [2.45, 2.75) is 65.4 Å². The minimum absolute atomic E-state index is 0.0233. The molecule has 310 valence electrons. The monoisotopic (exact) mass is 861 g/mol. The second-order valence-electron chi connectivity index (χ2n) is 12.6. The number of rotatable bonds is 13. The third kappa shape index (κ3) is 16.2. The predicted molar refractivity (Wildman–Crippen MR) is 219 cm³/mol. The van der Waals surface area contributed by atoms with E-state index in [-0.39, 0.29) is 35.0 Å². The van der Waals surface area contributed by atoms with Crippen LogP contribution >= 0.6 is 30.8 Å². The number of aryl methyl sites for hydroxylation is 2. The molecule has 2 aromatic carbocycles. The highest BCUT2D eigenvalue weighted by Crippen LogP contribution is 2.39. The molecule has 2 aliphatic rings. The number of alkyl halides is 1. The number of benzene rings is 2. The van der Waals surface area contributed by atoms with Crippen LogP contribution in [0.1, 0.15) is 57.6 Å². The molecule has 4 rings (SSSR count). The molecule has 0 bridgehead atoms. The van der Waals surface area contributed by atoms with E-state index in [1.54, 1.807) is 18.9 Å². The highest BCUT2D eigenvalue weighted by atomic mass is 35.5. The number of amides is 3. The third-order valence-electron chi connectivity index (χ3n) is 7.67. The number of hydrogen-bond donors (Lipinski definition) is 3. The van der Waals surface area contributed by atoms with Gasteiger partial charge in [-0.3, -0.25) is 29.4 Å². The maximum absolute atomic E-state index is 14.4. The van der Waals surface area contributed by atoms with E-state index >= 15 is 0 Å². The standard InChI is InChI=1S/C18H15ClFNO3.C14H20ClNO2.C3H8NO5P.C3H9S/c1-3-10(2)24-16-9-15(14(20)8-13(16)19)21-17(22)11-6-4-5-7-12(11)18(21)23;1-4-11-7-6-8-12(5-2)14(11)16(10-18-3)13(17)9-15;5-3(6)1-4-2-10(7,8)9;1-4(2)3/h1,8-10H,4-7H2,2H3;6-8H,4-5,9-10H2,1-3H3;4H,1-2H2,(H,5,6)(H2,7,8,9);1-3H3/q;;;+1/p-1. The van der Waals surface area contributed by atoms with Crippen molar-refractivity contribution in [1.29, 1.82) is 0 Å². The second kappa shape index (κ2) is 25.0. The first kappa shape index (κ1) is 50.6. The van der Waals surface area contributed by atoms with Crippen LogP contribution < -0.4 is 24.7 Å². The Morgan fingerprint density at radius 1 is 1.12 bits per heavy atom. The lowest BCUT2D eigenvalue weighted by molar-refractivity contribution is -0.193. The summed E-state index contributed by atoms with van der Waals surface area (Å²) in [5.41, 5.74) is 4.05. The van der Waals surface area contributed by atoms with E-state index < -0.39 is 50.1 Å². The zero-order chi connectivity index (χ0) is 42.7. The quantitative estimate of drug-likeness (QED) is 0.0596. The van der Waals surface area contributed by atoms with E-state index in [1.807, 2.05) is 23.5 Å². The fourth-order valence-corrected chi connectivity index (χ4v) is 6.02. The van der Waals surface area contributed by atoms with Gasteiger partial charge in [0, 0.05) is 24.3 Å². The van der Waals surface area contributed by atoms with Gasteiger partial charge < -0.3 is 28.9 Å². The summed E-state index contributed by atoms with van der Waals surface area (Å²) in [6, 6.07) is 8.38. The van der Waals surface area contributed by atoms with Crippen LogP contribution in [0.4, 0.5) is 15.8 Å². The molecular formula is C38H51Cl2FN3O10PS. The van der Waals surface area contributed by atoms with Crippen molar-refractivity contribution in [3.05, 3.63) is 63.4 Å². The summed E-state index contributed by atoms with van der Waals surface area (Å²) in [7, 11) is -2.13. The van der Waals surface area contributed by atoms with Crippen LogP contribution in [0.2, 0.25) is 5.02 Å². The van der Waals surface area contributed by atoms with Crippen LogP contribution in [-0.4, -0.2) is 91.1 Å². The first-order valence-electron chi connectivity index (χ1n) is 17.4. The van der Waals surface area contributed by atoms with Gasteiger partial charge in [-0.2, -0.15) is 0 Å². The van der Waals surface area contributed by atoms with Crippen LogP contribution in [0, 0.1) is 18.2 Å². The van der Waals surface area contributed by atoms with E-state index in [1.165, 1.54) is 6.07 Å². The Bertz CT molecular complexity index is 1750. The number of nitrogens with zero attached hydrogens (tertiary/aromatic N) is 2. The van der Waals surface area contributed by atoms with Gasteiger partial charge in [-0.15, -0.1) is 18.0 Å². The number of nitrogens with one attached hydrogen (secondary N) is 1. The fourth-order valence-electron chi connectivity index (χ4n) is 5.29. The summed E-state index contributed by atoms with van der Waals surface area (Å²) >= 11 is 11.6. The number of aliphatic carboxylic acids is 1. The molecule has 13 nitrogen and oxygen atoms in total. The third-order valence-corrected chi connectivity index (χ3v) is 8.81. The Balaban J connectivity index is 0.000000431. The first-order valence-corrected chi connectivity index (χ1v) is 22.5. The van der Waals surface area contributed by atoms with Gasteiger partial charge in [-0.25, -0.2) is 9.29 Å². The smallest absolute Gasteiger partial charge is 0.317 e. The summed E-state index contributed by atoms with van der Waals surface area (Å²) < 4.78 is 34.9. The fraction of sp³-hybridized carbons (Fsp3) is 0.474. The van der Waals surface area contributed by atoms with Gasteiger partial charge in [0.1, 0.15) is 31.8 Å². The number of hydrogen-bond acceptors (Lipinski definition) is 9. The molecule has 0 spiro atoms. The molecule has 2 unspecified atom stereocenters. The molecule has 0 saturated carbocycles. The van der Waals surface area contributed by atoms with Crippen molar-refractivity contribution < 1.29 is 52.5 Å². The molecule has 18 heteroatoms. The zero-order valence-electron chi connectivity index (χ0n) is 32.7. The van der Waals surface area contributed by atoms with Gasteiger partial charge in [0.15, 0.2) is 6.10 Å². The Hall–Kier alpha value is -3.45. The number of anilines is 2. The Kier molecular flexibility index (Phi) is 22.6. The molecule has 2 aromatic rings. The molecule has 3 N–H and O–H groups in total. The lowest BCUT2D eigenvalue weighted by Gasteiger charge is -2.26. The molecule has 1 aliphatic carbocycles. The maximum Gasteiger partial charge on any atom is 0.317 e. The van der Waals surface area contributed by atoms with Crippen molar-refractivity contribution in [2.75, 3.05) is 61.1 Å². The van der Waals surface area contributed by atoms with E-state index in [2.05, 4.69) is 38.5 Å². The number of para-hydroxylation sites is 1. The molecule has 0 saturated heterocycles. The highest BCUT2D eigenvalue weighted by molar-refractivity contribution is 7.94. The summed E-state index contributed by atoms with van der Waals surface area (Å²) in [4.78, 5) is 67.3. The molecule has 1 aliphatic heterocycles. The molecule has 1 heterocycles. The van der Waals surface area contributed by atoms with Gasteiger partial charge in [-0.1, -0.05) is 49.6 Å². The lowest BCUT2D eigenvalue weighted by Crippen LogP contribution is -2.35. The molecule has 0 radical (unpaired) electrons. The average molecular weight is 863 g/mol. The minimum Gasteiger partial charge on any atom is -0.778 e. The maximum atomic E-state index is 14.4. The Morgan fingerprint density at radius 3 is 2.05 bits per heavy atom. The van der Waals surface area contributed by atoms with Crippen molar-refractivity contribution in [3.8, 4) is 18.1 Å². The number of terminal acetylenes is 1. The van der Waals surface area contributed by atoms with Crippen LogP contribution in [0.15, 0.2) is 41.5 Å². The molecular weight excluding hydrogens is 811 g/mol. The Morgan fingerprint density at radius 2 is 1.64 bits per heavy atom. The molecule has 56 heavy (non-hydrogen) atoms. The number of carbonyl (C=O) groups is 4. The number of carboxylic acids is 1. The molecule has 0 fully saturated rings. The van der Waals surface area contributed by atoms with E-state index in [0.717, 1.165) is 53.5 Å². The van der Waals surface area contributed by atoms with Gasteiger partial charge in [0.05, 0.1) is 48.0 Å². The van der Waals surface area contributed by atoms with Gasteiger partial charge in [-0.05, 0) is 73.5 Å². The van der Waals surface area contributed by atoms with E-state index in [0.29, 0.717) is 34.9 Å². The van der Waals surface area contributed by atoms with Crippen LogP contribution in [0.5, 0.6) is 5.75 Å². The number of halogens is 3. The number of carbonyl (C=O) groups excluding carboxylic acids is 3. The van der Waals surface area contributed by atoms with Gasteiger partial charge in [0.25, 0.3) is 11.8 Å². The number of methoxy groups -OCH3 is 1. The number of ether oxygens (including phenoxy) is 2. The number of carboxylic acid groups (broad SMARTS) is 1. The van der Waals surface area contributed by atoms with Crippen molar-refractivity contribution in [2.24, 2.45) is 0 Å². The van der Waals surface area contributed by atoms with Gasteiger partial charge >= 0.3 is 5.97 Å². The number of imide groups is 1. The van der Waals surface area contributed by atoms with Crippen LogP contribution in [0.25, 0.3) is 0 Å². The normalized spacial score (nSPS) is 14.8. The van der Waals surface area contributed by atoms with Crippen molar-refractivity contribution >= 4 is 76.8 Å². The summed E-state index contributed by atoms with van der Waals surface area (Å²) in [6.07, 6.45) is 15.1. The summed E-state index contributed by atoms with van der Waals surface area (Å²) in [5, 5.41) is 10.00. The Labute approximate surface area is 341 Å². The topological polar surface area (TPSA) is 186 Å². The van der Waals surface area contributed by atoms with Crippen molar-refractivity contribution in [3.63, 3.8) is 0 Å². The minimum atomic E-state index is -4.35. The summed E-state index contributed by atoms with van der Waals surface area (Å²) in [6.45, 7) is 5.54. The summed E-state index contributed by atoms with van der Waals surface area (Å²) in [5.74, 6) is -0.533. The van der Waals surface area contributed by atoms with E-state index in [4.69, 9.17) is 49.1 Å². The first-order chi connectivity index (χ1) is 26.3. The molecule has 2 atom stereocenters. The lowest BCUT2D eigenvalue weighted by atomic mass is 9.93. The van der Waals surface area contributed by atoms with Gasteiger partial charge in [0.2, 0.25) is 5.91 Å². The highest BCUT2D eigenvalue weighted by Gasteiger charge is 2.41. The molecule has 3 amide bonds. The van der Waals surface area contributed by atoms with Crippen LogP contribution in [-0.2, 0) is 52.2 Å². The SMILES string of the molecule is C#CC(C)Oc1cc(N2C(=O)C3=C(CCCC3)C2=O)c(F)cc1Cl.CCc1cccc(CC)c1N(COC)C(=O)CCl.C[S+](C)C.O=C(O)CNCP(=O)([O-])O. The predicted octanol–water partition coefficient (Wildman–Crippen LogP) is 5.27. The average Bonchev–Trinajstić information content (AvgIpc) is 3.39. The largest absolute Gasteiger partial charge is 0.778 e. The van der Waals surface area contributed by atoms with E-state index in [9.17, 15) is 33.0 Å². The molecule has 0 aromatic heterocycles. The van der Waals surface area contributed by atoms with Crippen molar-refractivity contribution in [1.82, 2.24) is 5.32 Å².